The van der Waals surface area contributed by atoms with E-state index in [-0.39, 0.29) is 0 Å². The first kappa shape index (κ1) is 15.2. The molecule has 0 bridgehead atoms. The molecule has 6 nitrogen and oxygen atoms in total. The molecule has 1 aromatic heterocycles. The average Bonchev–Trinajstić information content (AvgIpc) is 2.41. The molecular weight excluding hydrogens is 246 g/mol. The summed E-state index contributed by atoms with van der Waals surface area (Å²) in [6.07, 6.45) is 2.69. The molecule has 0 unspecified atom stereocenters. The molecule has 0 aliphatic rings. The standard InChI is InChI=1S/C13H21N3O3/c1-4-13(5-2,11(17)18)9-15-12-14-8-7-10(16-12)19-6-3/h7-8H,4-6,9H2,1-3H3,(H,17,18)(H,14,15,16). The van der Waals surface area contributed by atoms with E-state index < -0.39 is 11.4 Å². The summed E-state index contributed by atoms with van der Waals surface area (Å²) in [5.74, 6) is 0.0679. The quantitative estimate of drug-likeness (QED) is 0.751. The van der Waals surface area contributed by atoms with Crippen LogP contribution in [0.25, 0.3) is 0 Å². The fraction of sp³-hybridized carbons (Fsp3) is 0.615. The van der Waals surface area contributed by atoms with Gasteiger partial charge in [-0.3, -0.25) is 4.79 Å². The van der Waals surface area contributed by atoms with Gasteiger partial charge >= 0.3 is 5.97 Å². The summed E-state index contributed by atoms with van der Waals surface area (Å²) in [7, 11) is 0. The number of carboxylic acid groups (broad SMARTS) is 1. The molecule has 6 heteroatoms. The van der Waals surface area contributed by atoms with Crippen molar-refractivity contribution in [3.8, 4) is 5.88 Å². The number of anilines is 1. The van der Waals surface area contributed by atoms with E-state index in [4.69, 9.17) is 4.74 Å². The molecule has 0 spiro atoms. The van der Waals surface area contributed by atoms with Gasteiger partial charge in [0.1, 0.15) is 0 Å². The molecule has 0 aromatic carbocycles. The predicted octanol–water partition coefficient (Wildman–Crippen LogP) is 2.18. The SMILES string of the molecule is CCOc1ccnc(NCC(CC)(CC)C(=O)O)n1. The molecule has 1 heterocycles. The fourth-order valence-corrected chi connectivity index (χ4v) is 1.78. The normalized spacial score (nSPS) is 11.1. The molecule has 19 heavy (non-hydrogen) atoms. The second kappa shape index (κ2) is 6.92. The minimum Gasteiger partial charge on any atom is -0.481 e. The van der Waals surface area contributed by atoms with E-state index in [0.717, 1.165) is 0 Å². The number of nitrogens with zero attached hydrogens (tertiary/aromatic N) is 2. The maximum Gasteiger partial charge on any atom is 0.311 e. The van der Waals surface area contributed by atoms with Crippen molar-refractivity contribution in [2.24, 2.45) is 5.41 Å². The maximum atomic E-state index is 11.4. The van der Waals surface area contributed by atoms with Gasteiger partial charge in [-0.15, -0.1) is 0 Å². The Labute approximate surface area is 113 Å². The third-order valence-corrected chi connectivity index (χ3v) is 3.31. The third-order valence-electron chi connectivity index (χ3n) is 3.31. The van der Waals surface area contributed by atoms with Crippen molar-refractivity contribution in [2.45, 2.75) is 33.6 Å². The molecule has 0 saturated heterocycles. The van der Waals surface area contributed by atoms with Crippen molar-refractivity contribution < 1.29 is 14.6 Å². The van der Waals surface area contributed by atoms with Crippen LogP contribution in [0.2, 0.25) is 0 Å². The first-order chi connectivity index (χ1) is 9.07. The number of rotatable bonds is 8. The summed E-state index contributed by atoms with van der Waals surface area (Å²) in [6.45, 7) is 6.44. The van der Waals surface area contributed by atoms with Gasteiger partial charge < -0.3 is 15.2 Å². The van der Waals surface area contributed by atoms with Crippen LogP contribution in [-0.4, -0.2) is 34.2 Å². The van der Waals surface area contributed by atoms with Crippen LogP contribution in [0, 0.1) is 5.41 Å². The van der Waals surface area contributed by atoms with Gasteiger partial charge in [-0.25, -0.2) is 4.98 Å². The van der Waals surface area contributed by atoms with Crippen LogP contribution >= 0.6 is 0 Å². The van der Waals surface area contributed by atoms with Gasteiger partial charge in [0.05, 0.1) is 12.0 Å². The number of nitrogens with one attached hydrogen (secondary N) is 1. The van der Waals surface area contributed by atoms with Crippen molar-refractivity contribution in [3.05, 3.63) is 12.3 Å². The Morgan fingerprint density at radius 2 is 2.11 bits per heavy atom. The summed E-state index contributed by atoms with van der Waals surface area (Å²) in [5.41, 5.74) is -0.787. The highest BCUT2D eigenvalue weighted by Crippen LogP contribution is 2.26. The Kier molecular flexibility index (Phi) is 5.54. The summed E-state index contributed by atoms with van der Waals surface area (Å²) in [4.78, 5) is 19.6. The number of hydrogen-bond donors (Lipinski definition) is 2. The number of ether oxygens (including phenoxy) is 1. The molecule has 106 valence electrons. The topological polar surface area (TPSA) is 84.3 Å². The van der Waals surface area contributed by atoms with E-state index in [1.165, 1.54) is 0 Å². The molecule has 0 amide bonds. The third kappa shape index (κ3) is 3.81. The van der Waals surface area contributed by atoms with Crippen LogP contribution in [0.15, 0.2) is 12.3 Å². The first-order valence-corrected chi connectivity index (χ1v) is 6.51. The van der Waals surface area contributed by atoms with Crippen LogP contribution in [0.3, 0.4) is 0 Å². The smallest absolute Gasteiger partial charge is 0.311 e. The first-order valence-electron chi connectivity index (χ1n) is 6.51. The van der Waals surface area contributed by atoms with E-state index in [1.54, 1.807) is 12.3 Å². The van der Waals surface area contributed by atoms with Crippen LogP contribution in [-0.2, 0) is 4.79 Å². The van der Waals surface area contributed by atoms with Crippen LogP contribution in [0.4, 0.5) is 5.95 Å². The van der Waals surface area contributed by atoms with Gasteiger partial charge in [0.15, 0.2) is 0 Å². The van der Waals surface area contributed by atoms with Gasteiger partial charge in [0.2, 0.25) is 11.8 Å². The lowest BCUT2D eigenvalue weighted by Gasteiger charge is -2.26. The highest BCUT2D eigenvalue weighted by molar-refractivity contribution is 5.75. The zero-order chi connectivity index (χ0) is 14.3. The molecule has 0 radical (unpaired) electrons. The van der Waals surface area contributed by atoms with Crippen molar-refractivity contribution in [1.82, 2.24) is 9.97 Å². The molecule has 0 saturated carbocycles. The molecule has 1 rings (SSSR count). The minimum absolute atomic E-state index is 0.297. The lowest BCUT2D eigenvalue weighted by molar-refractivity contribution is -0.148. The summed E-state index contributed by atoms with van der Waals surface area (Å²) < 4.78 is 5.27. The molecule has 0 atom stereocenters. The Hall–Kier alpha value is -1.85. The zero-order valence-electron chi connectivity index (χ0n) is 11.6. The molecule has 2 N–H and O–H groups in total. The number of hydrogen-bond acceptors (Lipinski definition) is 5. The molecular formula is C13H21N3O3. The Morgan fingerprint density at radius 3 is 2.63 bits per heavy atom. The summed E-state index contributed by atoms with van der Waals surface area (Å²) in [6, 6.07) is 1.67. The highest BCUT2D eigenvalue weighted by atomic mass is 16.5. The van der Waals surface area contributed by atoms with E-state index in [0.29, 0.717) is 37.8 Å². The Balaban J connectivity index is 2.74. The number of aliphatic carboxylic acids is 1. The van der Waals surface area contributed by atoms with E-state index in [9.17, 15) is 9.90 Å². The van der Waals surface area contributed by atoms with E-state index >= 15 is 0 Å². The van der Waals surface area contributed by atoms with Crippen LogP contribution < -0.4 is 10.1 Å². The Morgan fingerprint density at radius 1 is 1.42 bits per heavy atom. The predicted molar refractivity (Wildman–Crippen MR) is 72.3 cm³/mol. The second-order valence-corrected chi connectivity index (χ2v) is 4.30. The zero-order valence-corrected chi connectivity index (χ0v) is 11.6. The van der Waals surface area contributed by atoms with Crippen molar-refractivity contribution in [1.29, 1.82) is 0 Å². The van der Waals surface area contributed by atoms with Crippen molar-refractivity contribution >= 4 is 11.9 Å². The minimum atomic E-state index is -0.800. The van der Waals surface area contributed by atoms with Crippen molar-refractivity contribution in [3.63, 3.8) is 0 Å². The van der Waals surface area contributed by atoms with E-state index in [1.807, 2.05) is 20.8 Å². The van der Waals surface area contributed by atoms with Gasteiger partial charge in [-0.2, -0.15) is 4.98 Å². The average molecular weight is 267 g/mol. The lowest BCUT2D eigenvalue weighted by Crippen LogP contribution is -2.37. The molecule has 0 aliphatic carbocycles. The van der Waals surface area contributed by atoms with Gasteiger partial charge in [0.25, 0.3) is 0 Å². The van der Waals surface area contributed by atoms with Gasteiger partial charge in [-0.1, -0.05) is 13.8 Å². The molecule has 0 aliphatic heterocycles. The number of aromatic nitrogens is 2. The van der Waals surface area contributed by atoms with Crippen molar-refractivity contribution in [2.75, 3.05) is 18.5 Å². The summed E-state index contributed by atoms with van der Waals surface area (Å²) in [5, 5.41) is 12.3. The molecule has 0 fully saturated rings. The van der Waals surface area contributed by atoms with E-state index in [2.05, 4.69) is 15.3 Å². The Bertz CT molecular complexity index is 419. The van der Waals surface area contributed by atoms with Gasteiger partial charge in [0, 0.05) is 18.8 Å². The van der Waals surface area contributed by atoms with Crippen LogP contribution in [0.1, 0.15) is 33.6 Å². The fourth-order valence-electron chi connectivity index (χ4n) is 1.78. The highest BCUT2D eigenvalue weighted by Gasteiger charge is 2.34. The monoisotopic (exact) mass is 267 g/mol. The maximum absolute atomic E-state index is 11.4. The largest absolute Gasteiger partial charge is 0.481 e. The number of carboxylic acids is 1. The van der Waals surface area contributed by atoms with Crippen LogP contribution in [0.5, 0.6) is 5.88 Å². The molecule has 1 aromatic rings. The van der Waals surface area contributed by atoms with Gasteiger partial charge in [-0.05, 0) is 19.8 Å². The summed E-state index contributed by atoms with van der Waals surface area (Å²) >= 11 is 0. The lowest BCUT2D eigenvalue weighted by atomic mass is 9.82. The number of carbonyl (C=O) groups is 1. The second-order valence-electron chi connectivity index (χ2n) is 4.30.